The molecule has 3 aromatic carbocycles. The number of oxazole rings is 1. The maximum atomic E-state index is 11.2. The van der Waals surface area contributed by atoms with E-state index >= 15 is 0 Å². The Morgan fingerprint density at radius 3 is 2.46 bits per heavy atom. The maximum absolute atomic E-state index is 11.2. The Morgan fingerprint density at radius 2 is 1.71 bits per heavy atom. The molecular formula is C41H43N7O4. The minimum Gasteiger partial charge on any atom is -0.481 e. The molecule has 11 heteroatoms. The quantitative estimate of drug-likeness (QED) is 0.0981. The summed E-state index contributed by atoms with van der Waals surface area (Å²) in [4.78, 5) is 29.6. The summed E-state index contributed by atoms with van der Waals surface area (Å²) in [7, 11) is 1.97. The molecule has 0 atom stereocenters. The number of nitriles is 1. The summed E-state index contributed by atoms with van der Waals surface area (Å²) in [6, 6.07) is 22.3. The van der Waals surface area contributed by atoms with Crippen molar-refractivity contribution < 1.29 is 19.4 Å². The van der Waals surface area contributed by atoms with E-state index in [9.17, 15) is 20.3 Å². The Balaban J connectivity index is 1.30. The summed E-state index contributed by atoms with van der Waals surface area (Å²) in [5, 5.41) is 33.0. The number of aliphatic carboxylic acids is 1. The van der Waals surface area contributed by atoms with Crippen LogP contribution < -0.4 is 5.32 Å². The number of likely N-dealkylation sites (N-methyl/N-ethyl adjacent to an activating group) is 1. The summed E-state index contributed by atoms with van der Waals surface area (Å²) < 4.78 is 6.28. The third kappa shape index (κ3) is 7.95. The molecule has 0 amide bonds. The molecule has 0 saturated heterocycles. The topological polar surface area (TPSA) is 152 Å². The minimum atomic E-state index is -0.834. The van der Waals surface area contributed by atoms with Gasteiger partial charge in [-0.1, -0.05) is 31.2 Å². The highest BCUT2D eigenvalue weighted by Gasteiger charge is 2.19. The molecule has 0 aliphatic rings. The molecule has 0 aliphatic heterocycles. The number of hydrogen-bond acceptors (Lipinski definition) is 10. The number of pyridine rings is 2. The molecule has 0 saturated carbocycles. The van der Waals surface area contributed by atoms with E-state index in [0.29, 0.717) is 54.6 Å². The molecule has 0 spiro atoms. The van der Waals surface area contributed by atoms with E-state index in [1.54, 1.807) is 6.20 Å². The van der Waals surface area contributed by atoms with Gasteiger partial charge in [0.25, 0.3) is 0 Å². The Kier molecular flexibility index (Phi) is 11.2. The van der Waals surface area contributed by atoms with Crippen molar-refractivity contribution >= 4 is 39.5 Å². The normalized spacial score (nSPS) is 11.5. The number of carboxylic acids is 1. The first kappa shape index (κ1) is 36.1. The van der Waals surface area contributed by atoms with Gasteiger partial charge in [0, 0.05) is 55.2 Å². The lowest BCUT2D eigenvalue weighted by molar-refractivity contribution is -0.137. The molecule has 11 nitrogen and oxygen atoms in total. The first-order valence-corrected chi connectivity index (χ1v) is 17.5. The summed E-state index contributed by atoms with van der Waals surface area (Å²) in [6.45, 7) is 9.26. The van der Waals surface area contributed by atoms with Gasteiger partial charge in [-0.3, -0.25) is 19.6 Å². The van der Waals surface area contributed by atoms with E-state index in [1.807, 2.05) is 62.6 Å². The van der Waals surface area contributed by atoms with E-state index < -0.39 is 5.97 Å². The lowest BCUT2D eigenvalue weighted by atomic mass is 9.93. The van der Waals surface area contributed by atoms with E-state index in [-0.39, 0.29) is 13.0 Å². The number of nitrogens with one attached hydrogen (secondary N) is 1. The van der Waals surface area contributed by atoms with Crippen LogP contribution in [0.4, 0.5) is 11.5 Å². The Hall–Kier alpha value is -5.67. The number of anilines is 2. The van der Waals surface area contributed by atoms with Crippen molar-refractivity contribution in [3.8, 4) is 28.7 Å². The third-order valence-corrected chi connectivity index (χ3v) is 9.29. The lowest BCUT2D eigenvalue weighted by Gasteiger charge is -2.20. The van der Waals surface area contributed by atoms with Crippen molar-refractivity contribution in [2.75, 3.05) is 38.6 Å². The smallest absolute Gasteiger partial charge is 0.304 e. The van der Waals surface area contributed by atoms with Gasteiger partial charge in [-0.2, -0.15) is 5.26 Å². The van der Waals surface area contributed by atoms with Gasteiger partial charge in [0.05, 0.1) is 18.6 Å². The van der Waals surface area contributed by atoms with Crippen LogP contribution in [0.15, 0.2) is 77.5 Å². The van der Waals surface area contributed by atoms with Crippen molar-refractivity contribution in [3.05, 3.63) is 101 Å². The van der Waals surface area contributed by atoms with Crippen molar-refractivity contribution in [1.82, 2.24) is 24.8 Å². The summed E-state index contributed by atoms with van der Waals surface area (Å²) in [5.41, 5.74) is 9.95. The van der Waals surface area contributed by atoms with Crippen LogP contribution in [-0.2, 0) is 17.9 Å². The number of aliphatic hydroxyl groups excluding tert-OH is 1. The number of aromatic nitrogens is 3. The molecule has 3 aromatic heterocycles. The molecule has 52 heavy (non-hydrogen) atoms. The van der Waals surface area contributed by atoms with Crippen LogP contribution >= 0.6 is 0 Å². The van der Waals surface area contributed by atoms with Crippen LogP contribution in [-0.4, -0.2) is 74.2 Å². The average Bonchev–Trinajstić information content (AvgIpc) is 3.55. The number of carboxylic acid groups (broad SMARTS) is 1. The van der Waals surface area contributed by atoms with Crippen LogP contribution in [0.3, 0.4) is 0 Å². The summed E-state index contributed by atoms with van der Waals surface area (Å²) in [5.74, 6) is 0.260. The van der Waals surface area contributed by atoms with Gasteiger partial charge in [-0.25, -0.2) is 9.97 Å². The van der Waals surface area contributed by atoms with Crippen LogP contribution in [0.1, 0.15) is 47.6 Å². The number of aliphatic hydroxyl groups is 1. The lowest BCUT2D eigenvalue weighted by Crippen LogP contribution is -2.26. The minimum absolute atomic E-state index is 0.0546. The predicted octanol–water partition coefficient (Wildman–Crippen LogP) is 7.45. The Morgan fingerprint density at radius 1 is 0.942 bits per heavy atom. The van der Waals surface area contributed by atoms with E-state index in [4.69, 9.17) is 14.4 Å². The van der Waals surface area contributed by atoms with E-state index in [2.05, 4.69) is 58.2 Å². The SMILES string of the molecule is CCCN(CCC(=O)O)Cc1cc(C#N)c2oc(-c3cccc(-c4cccc(Nc5nccc6cc(CN(C)CCO)cnc56)c4C)c3C)nc2c1. The van der Waals surface area contributed by atoms with Crippen LogP contribution in [0.5, 0.6) is 0 Å². The average molecular weight is 698 g/mol. The molecule has 0 unspecified atom stereocenters. The first-order valence-electron chi connectivity index (χ1n) is 17.5. The number of nitrogens with zero attached hydrogens (tertiary/aromatic N) is 6. The van der Waals surface area contributed by atoms with Crippen LogP contribution in [0.2, 0.25) is 0 Å². The molecule has 266 valence electrons. The zero-order chi connectivity index (χ0) is 36.8. The van der Waals surface area contributed by atoms with Gasteiger partial charge >= 0.3 is 5.97 Å². The van der Waals surface area contributed by atoms with Gasteiger partial charge in [0.1, 0.15) is 17.1 Å². The zero-order valence-corrected chi connectivity index (χ0v) is 30.0. The molecule has 0 aliphatic carbocycles. The van der Waals surface area contributed by atoms with Gasteiger partial charge in [-0.15, -0.1) is 0 Å². The van der Waals surface area contributed by atoms with Crippen molar-refractivity contribution in [3.63, 3.8) is 0 Å². The summed E-state index contributed by atoms with van der Waals surface area (Å²) >= 11 is 0. The monoisotopic (exact) mass is 697 g/mol. The van der Waals surface area contributed by atoms with Crippen molar-refractivity contribution in [1.29, 1.82) is 5.26 Å². The molecule has 6 rings (SSSR count). The highest BCUT2D eigenvalue weighted by Crippen LogP contribution is 2.37. The zero-order valence-electron chi connectivity index (χ0n) is 30.0. The number of rotatable bonds is 15. The van der Waals surface area contributed by atoms with Gasteiger partial charge in [0.2, 0.25) is 5.89 Å². The van der Waals surface area contributed by atoms with Crippen molar-refractivity contribution in [2.45, 2.75) is 46.7 Å². The van der Waals surface area contributed by atoms with Crippen molar-refractivity contribution in [2.24, 2.45) is 0 Å². The molecule has 6 aromatic rings. The van der Waals surface area contributed by atoms with Gasteiger partial charge in [-0.05, 0) is 104 Å². The second kappa shape index (κ2) is 16.1. The largest absolute Gasteiger partial charge is 0.481 e. The summed E-state index contributed by atoms with van der Waals surface area (Å²) in [6.07, 6.45) is 4.58. The molecule has 3 heterocycles. The fourth-order valence-electron chi connectivity index (χ4n) is 6.67. The maximum Gasteiger partial charge on any atom is 0.304 e. The fraction of sp³-hybridized carbons (Fsp3) is 0.293. The number of fused-ring (bicyclic) bond motifs is 2. The molecule has 0 fully saturated rings. The molecule has 0 bridgehead atoms. The predicted molar refractivity (Wildman–Crippen MR) is 203 cm³/mol. The molecule has 3 N–H and O–H groups in total. The Labute approximate surface area is 303 Å². The van der Waals surface area contributed by atoms with Gasteiger partial charge in [0.15, 0.2) is 11.4 Å². The highest BCUT2D eigenvalue weighted by atomic mass is 16.4. The van der Waals surface area contributed by atoms with E-state index in [1.165, 1.54) is 0 Å². The van der Waals surface area contributed by atoms with Crippen LogP contribution in [0, 0.1) is 25.2 Å². The van der Waals surface area contributed by atoms with Gasteiger partial charge < -0.3 is 19.9 Å². The molecular weight excluding hydrogens is 654 g/mol. The highest BCUT2D eigenvalue weighted by molar-refractivity contribution is 5.91. The number of carbonyl (C=O) groups is 1. The van der Waals surface area contributed by atoms with Crippen LogP contribution in [0.25, 0.3) is 44.6 Å². The first-order chi connectivity index (χ1) is 25.2. The fourth-order valence-corrected chi connectivity index (χ4v) is 6.67. The second-order valence-corrected chi connectivity index (χ2v) is 13.2. The van der Waals surface area contributed by atoms with E-state index in [0.717, 1.165) is 68.5 Å². The number of benzene rings is 3. The Bertz CT molecular complexity index is 2280. The standard InChI is InChI=1S/C41H43N7O4/c1-5-15-48(16-13-37(50)51)25-28-19-31(22-42)39-36(21-28)46-41(52-39)34-10-6-8-32(26(34)2)33-9-7-11-35(27(33)3)45-40-38-30(12-14-43-40)20-29(23-44-38)24-47(4)17-18-49/h6-12,14,19-21,23,49H,5,13,15-18,24-25H2,1-4H3,(H,43,45)(H,50,51). The number of hydrogen-bond donors (Lipinski definition) is 3. The third-order valence-electron chi connectivity index (χ3n) is 9.29. The molecule has 0 radical (unpaired) electrons. The second-order valence-electron chi connectivity index (χ2n) is 13.2.